The molecular weight excluding hydrogens is 434 g/mol. The van der Waals surface area contributed by atoms with Gasteiger partial charge in [-0.3, -0.25) is 9.59 Å². The Morgan fingerprint density at radius 3 is 2.43 bits per heavy atom. The lowest BCUT2D eigenvalue weighted by Crippen LogP contribution is -2.49. The van der Waals surface area contributed by atoms with Crippen molar-refractivity contribution in [2.75, 3.05) is 32.7 Å². The van der Waals surface area contributed by atoms with Crippen LogP contribution in [0.25, 0.3) is 0 Å². The normalized spacial score (nSPS) is 26.9. The number of piperidine rings is 2. The zero-order chi connectivity index (χ0) is 24.6. The third-order valence-electron chi connectivity index (χ3n) is 9.16. The average Bonchev–Trinajstić information content (AvgIpc) is 3.70. The van der Waals surface area contributed by atoms with Crippen LogP contribution >= 0.6 is 0 Å². The molecule has 5 rings (SSSR count). The quantitative estimate of drug-likeness (QED) is 0.643. The fourth-order valence-corrected chi connectivity index (χ4v) is 6.63. The Labute approximate surface area is 212 Å². The van der Waals surface area contributed by atoms with Crippen LogP contribution in [0, 0.1) is 17.3 Å². The van der Waals surface area contributed by atoms with Crippen LogP contribution in [-0.2, 0) is 15.0 Å². The highest BCUT2D eigenvalue weighted by Crippen LogP contribution is 2.48. The number of hydrogen-bond acceptors (Lipinski definition) is 3. The summed E-state index contributed by atoms with van der Waals surface area (Å²) in [5, 5.41) is 3.43. The van der Waals surface area contributed by atoms with Crippen LogP contribution in [0.4, 0.5) is 0 Å². The number of nitrogens with one attached hydrogen (secondary N) is 1. The monoisotopic (exact) mass is 479 g/mol. The summed E-state index contributed by atoms with van der Waals surface area (Å²) >= 11 is 0. The number of benzene rings is 1. The summed E-state index contributed by atoms with van der Waals surface area (Å²) in [4.78, 5) is 30.5. The van der Waals surface area contributed by atoms with Gasteiger partial charge in [0.05, 0.1) is 12.0 Å². The third kappa shape index (κ3) is 5.60. The summed E-state index contributed by atoms with van der Waals surface area (Å²) in [6.45, 7) is 12.0. The van der Waals surface area contributed by atoms with Gasteiger partial charge in [-0.1, -0.05) is 45.0 Å². The van der Waals surface area contributed by atoms with Crippen molar-refractivity contribution < 1.29 is 9.59 Å². The number of carbonyl (C=O) groups excluding carboxylic acids is 2. The van der Waals surface area contributed by atoms with Gasteiger partial charge in [-0.25, -0.2) is 0 Å². The van der Waals surface area contributed by atoms with E-state index in [9.17, 15) is 9.59 Å². The fourth-order valence-electron chi connectivity index (χ4n) is 6.63. The Bertz CT molecular complexity index is 924. The summed E-state index contributed by atoms with van der Waals surface area (Å²) < 4.78 is 0. The standard InChI is InChI=1S/C30H45N3O2/c1-29(2,3)14-18-32-19-15-30(16-20-32)13-12-26(24-8-4-5-9-25(24)30)31-27(34)23-7-6-17-33(21-23)28(35)22-10-11-22/h4-5,8-9,22-23,26H,6-7,10-21H2,1-3H3,(H,31,34)/t23?,26-/m0/s1. The zero-order valence-corrected chi connectivity index (χ0v) is 22.2. The first kappa shape index (κ1) is 24.8. The van der Waals surface area contributed by atoms with Gasteiger partial charge in [0.1, 0.15) is 0 Å². The maximum atomic E-state index is 13.3. The van der Waals surface area contributed by atoms with E-state index in [0.29, 0.717) is 12.0 Å². The van der Waals surface area contributed by atoms with Crippen LogP contribution in [0.3, 0.4) is 0 Å². The second-order valence-corrected chi connectivity index (χ2v) is 13.0. The molecule has 1 aromatic rings. The van der Waals surface area contributed by atoms with Crippen LogP contribution in [0.15, 0.2) is 24.3 Å². The minimum absolute atomic E-state index is 0.0689. The molecule has 4 aliphatic rings. The highest BCUT2D eigenvalue weighted by atomic mass is 16.2. The van der Waals surface area contributed by atoms with Gasteiger partial charge in [0, 0.05) is 19.0 Å². The predicted octanol–water partition coefficient (Wildman–Crippen LogP) is 5.06. The highest BCUT2D eigenvalue weighted by Gasteiger charge is 2.43. The predicted molar refractivity (Wildman–Crippen MR) is 140 cm³/mol. The number of carbonyl (C=O) groups is 2. The lowest BCUT2D eigenvalue weighted by atomic mass is 9.63. The van der Waals surface area contributed by atoms with Crippen molar-refractivity contribution in [3.63, 3.8) is 0 Å². The minimum atomic E-state index is -0.0689. The number of amides is 2. The second kappa shape index (κ2) is 9.88. The van der Waals surface area contributed by atoms with Gasteiger partial charge in [-0.05, 0) is 99.4 Å². The Hall–Kier alpha value is -1.88. The molecule has 2 atom stereocenters. The highest BCUT2D eigenvalue weighted by molar-refractivity contribution is 5.83. The van der Waals surface area contributed by atoms with Crippen LogP contribution < -0.4 is 5.32 Å². The van der Waals surface area contributed by atoms with E-state index in [1.54, 1.807) is 0 Å². The number of hydrogen-bond donors (Lipinski definition) is 1. The van der Waals surface area contributed by atoms with Crippen LogP contribution in [0.5, 0.6) is 0 Å². The van der Waals surface area contributed by atoms with Crippen molar-refractivity contribution in [3.8, 4) is 0 Å². The van der Waals surface area contributed by atoms with Crippen molar-refractivity contribution in [2.45, 2.75) is 90.0 Å². The van der Waals surface area contributed by atoms with Gasteiger partial charge in [0.25, 0.3) is 0 Å². The molecule has 1 saturated carbocycles. The van der Waals surface area contributed by atoms with E-state index in [2.05, 4.69) is 55.3 Å². The Kier molecular flexibility index (Phi) is 7.00. The molecule has 3 fully saturated rings. The largest absolute Gasteiger partial charge is 0.349 e. The molecule has 0 aromatic heterocycles. The van der Waals surface area contributed by atoms with Gasteiger partial charge >= 0.3 is 0 Å². The van der Waals surface area contributed by atoms with Gasteiger partial charge in [0.2, 0.25) is 11.8 Å². The van der Waals surface area contributed by atoms with Crippen LogP contribution in [0.2, 0.25) is 0 Å². The van der Waals surface area contributed by atoms with E-state index in [1.165, 1.54) is 50.0 Å². The molecule has 5 heteroatoms. The molecule has 0 bridgehead atoms. The Morgan fingerprint density at radius 2 is 1.71 bits per heavy atom. The van der Waals surface area contributed by atoms with Crippen molar-refractivity contribution >= 4 is 11.8 Å². The van der Waals surface area contributed by atoms with Crippen molar-refractivity contribution in [1.29, 1.82) is 0 Å². The third-order valence-corrected chi connectivity index (χ3v) is 9.16. The number of likely N-dealkylation sites (tertiary alicyclic amines) is 2. The molecule has 1 spiro atoms. The second-order valence-electron chi connectivity index (χ2n) is 13.0. The molecule has 1 aromatic carbocycles. The molecule has 2 aliphatic heterocycles. The van der Waals surface area contributed by atoms with Crippen molar-refractivity contribution in [3.05, 3.63) is 35.4 Å². The summed E-state index contributed by atoms with van der Waals surface area (Å²) in [6, 6.07) is 8.98. The number of nitrogens with zero attached hydrogens (tertiary/aromatic N) is 2. The first-order valence-electron chi connectivity index (χ1n) is 14.2. The maximum Gasteiger partial charge on any atom is 0.225 e. The SMILES string of the molecule is CC(C)(C)CCN1CCC2(CC[C@H](NC(=O)C3CCCN(C(=O)C4CC4)C3)c3ccccc32)CC1. The summed E-state index contributed by atoms with van der Waals surface area (Å²) in [5.74, 6) is 0.589. The molecule has 192 valence electrons. The molecule has 35 heavy (non-hydrogen) atoms. The average molecular weight is 480 g/mol. The van der Waals surface area contributed by atoms with Crippen LogP contribution in [0.1, 0.15) is 95.7 Å². The van der Waals surface area contributed by atoms with Crippen molar-refractivity contribution in [2.24, 2.45) is 17.3 Å². The van der Waals surface area contributed by atoms with Gasteiger partial charge < -0.3 is 15.1 Å². The van der Waals surface area contributed by atoms with Gasteiger partial charge in [0.15, 0.2) is 0 Å². The molecule has 5 nitrogen and oxygen atoms in total. The number of fused-ring (bicyclic) bond motifs is 2. The maximum absolute atomic E-state index is 13.3. The first-order valence-corrected chi connectivity index (χ1v) is 14.2. The zero-order valence-electron chi connectivity index (χ0n) is 22.2. The van der Waals surface area contributed by atoms with E-state index >= 15 is 0 Å². The topological polar surface area (TPSA) is 52.7 Å². The van der Waals surface area contributed by atoms with E-state index in [-0.39, 0.29) is 35.1 Å². The van der Waals surface area contributed by atoms with Crippen LogP contribution in [-0.4, -0.2) is 54.3 Å². The summed E-state index contributed by atoms with van der Waals surface area (Å²) in [5.41, 5.74) is 3.45. The fraction of sp³-hybridized carbons (Fsp3) is 0.733. The summed E-state index contributed by atoms with van der Waals surface area (Å²) in [7, 11) is 0. The molecule has 2 aliphatic carbocycles. The molecule has 2 amide bonds. The van der Waals surface area contributed by atoms with E-state index in [1.807, 2.05) is 4.90 Å². The first-order chi connectivity index (χ1) is 16.7. The van der Waals surface area contributed by atoms with E-state index in [4.69, 9.17) is 0 Å². The minimum Gasteiger partial charge on any atom is -0.349 e. The van der Waals surface area contributed by atoms with Crippen molar-refractivity contribution in [1.82, 2.24) is 15.1 Å². The molecule has 2 saturated heterocycles. The van der Waals surface area contributed by atoms with E-state index in [0.717, 1.165) is 45.1 Å². The van der Waals surface area contributed by atoms with Gasteiger partial charge in [-0.2, -0.15) is 0 Å². The lowest BCUT2D eigenvalue weighted by Gasteiger charge is -2.47. The molecule has 2 heterocycles. The van der Waals surface area contributed by atoms with Gasteiger partial charge in [-0.15, -0.1) is 0 Å². The summed E-state index contributed by atoms with van der Waals surface area (Å²) in [6.07, 6.45) is 9.74. The molecular formula is C30H45N3O2. The Morgan fingerprint density at radius 1 is 0.971 bits per heavy atom. The Balaban J connectivity index is 1.22. The molecule has 0 radical (unpaired) electrons. The molecule has 1 N–H and O–H groups in total. The van der Waals surface area contributed by atoms with E-state index < -0.39 is 0 Å². The smallest absolute Gasteiger partial charge is 0.225 e. The molecule has 1 unspecified atom stereocenters. The lowest BCUT2D eigenvalue weighted by molar-refractivity contribution is -0.137. The number of rotatable bonds is 5.